The molecule has 2 heterocycles. The second-order valence-electron chi connectivity index (χ2n) is 8.56. The molecule has 34 heavy (non-hydrogen) atoms. The summed E-state index contributed by atoms with van der Waals surface area (Å²) < 4.78 is 27.0. The van der Waals surface area contributed by atoms with Crippen LogP contribution in [-0.4, -0.2) is 59.0 Å². The van der Waals surface area contributed by atoms with Crippen molar-refractivity contribution in [1.82, 2.24) is 9.80 Å². The summed E-state index contributed by atoms with van der Waals surface area (Å²) in [7, 11) is 0.428. The number of halogens is 1. The first-order valence-corrected chi connectivity index (χ1v) is 12.3. The number of likely N-dealkylation sites (N-methyl/N-ethyl adjacent to an activating group) is 1. The Balaban J connectivity index is 1.59. The second kappa shape index (κ2) is 9.12. The fourth-order valence-corrected chi connectivity index (χ4v) is 5.66. The molecule has 3 aromatic carbocycles. The minimum Gasteiger partial charge on any atom is -0.336 e. The SMILES string of the molecule is CN1CCN(C(=O)c2ccc3c(c2)N(Cc2ccc(F)cc2)C(=O)c2ccccc2[S@]3=O)CC1. The largest absolute Gasteiger partial charge is 0.336 e. The Kier molecular flexibility index (Phi) is 6.02. The van der Waals surface area contributed by atoms with E-state index in [-0.39, 0.29) is 24.2 Å². The van der Waals surface area contributed by atoms with E-state index in [1.807, 2.05) is 7.05 Å². The van der Waals surface area contributed by atoms with Crippen LogP contribution in [0.2, 0.25) is 0 Å². The fraction of sp³-hybridized carbons (Fsp3) is 0.231. The highest BCUT2D eigenvalue weighted by Gasteiger charge is 2.32. The lowest BCUT2D eigenvalue weighted by Crippen LogP contribution is -2.47. The van der Waals surface area contributed by atoms with Gasteiger partial charge in [0.1, 0.15) is 5.82 Å². The Labute approximate surface area is 200 Å². The van der Waals surface area contributed by atoms with E-state index in [0.29, 0.717) is 39.7 Å². The molecular formula is C26H24FN3O3S. The molecule has 0 aromatic heterocycles. The van der Waals surface area contributed by atoms with Crippen LogP contribution < -0.4 is 4.90 Å². The Bertz CT molecular complexity index is 1290. The standard InChI is InChI=1S/C26H24FN3O3S/c1-28-12-14-29(15-13-28)25(31)19-8-11-24-22(16-19)30(17-18-6-9-20(27)10-7-18)26(32)21-4-2-3-5-23(21)34(24)33/h2-11,16H,12-15,17H2,1H3/t34-/m1/s1. The minimum absolute atomic E-state index is 0.113. The first-order chi connectivity index (χ1) is 16.4. The summed E-state index contributed by atoms with van der Waals surface area (Å²) in [6.45, 7) is 3.00. The average Bonchev–Trinajstić information content (AvgIpc) is 2.95. The monoisotopic (exact) mass is 477 g/mol. The van der Waals surface area contributed by atoms with Crippen molar-refractivity contribution in [3.63, 3.8) is 0 Å². The molecule has 0 spiro atoms. The van der Waals surface area contributed by atoms with E-state index >= 15 is 0 Å². The van der Waals surface area contributed by atoms with Crippen molar-refractivity contribution in [2.45, 2.75) is 16.3 Å². The number of hydrogen-bond donors (Lipinski definition) is 0. The predicted molar refractivity (Wildman–Crippen MR) is 128 cm³/mol. The number of benzene rings is 3. The molecule has 0 saturated carbocycles. The van der Waals surface area contributed by atoms with Crippen molar-refractivity contribution in [3.05, 3.63) is 89.2 Å². The van der Waals surface area contributed by atoms with Crippen LogP contribution in [0.15, 0.2) is 76.5 Å². The zero-order chi connectivity index (χ0) is 23.8. The maximum atomic E-state index is 13.7. The molecule has 1 saturated heterocycles. The van der Waals surface area contributed by atoms with E-state index in [1.165, 1.54) is 17.0 Å². The van der Waals surface area contributed by atoms with Crippen molar-refractivity contribution >= 4 is 28.3 Å². The van der Waals surface area contributed by atoms with Gasteiger partial charge in [0.2, 0.25) is 0 Å². The van der Waals surface area contributed by atoms with Crippen LogP contribution in [0.25, 0.3) is 0 Å². The molecule has 2 aliphatic heterocycles. The van der Waals surface area contributed by atoms with Gasteiger partial charge in [0.05, 0.1) is 38.4 Å². The molecule has 0 bridgehead atoms. The maximum Gasteiger partial charge on any atom is 0.259 e. The number of fused-ring (bicyclic) bond motifs is 2. The number of amides is 2. The van der Waals surface area contributed by atoms with Crippen LogP contribution in [0.5, 0.6) is 0 Å². The Morgan fingerprint density at radius 2 is 1.65 bits per heavy atom. The van der Waals surface area contributed by atoms with Gasteiger partial charge < -0.3 is 14.7 Å². The molecule has 0 aliphatic carbocycles. The summed E-state index contributed by atoms with van der Waals surface area (Å²) in [4.78, 5) is 33.3. The summed E-state index contributed by atoms with van der Waals surface area (Å²) in [5, 5.41) is 0. The first-order valence-electron chi connectivity index (χ1n) is 11.1. The zero-order valence-electron chi connectivity index (χ0n) is 18.7. The maximum absolute atomic E-state index is 13.7. The number of nitrogens with zero attached hydrogens (tertiary/aromatic N) is 3. The molecule has 2 amide bonds. The van der Waals surface area contributed by atoms with Gasteiger partial charge in [0.15, 0.2) is 0 Å². The van der Waals surface area contributed by atoms with Crippen LogP contribution in [0, 0.1) is 5.82 Å². The Morgan fingerprint density at radius 1 is 0.941 bits per heavy atom. The third-order valence-electron chi connectivity index (χ3n) is 6.30. The summed E-state index contributed by atoms with van der Waals surface area (Å²) >= 11 is 0. The van der Waals surface area contributed by atoms with Crippen molar-refractivity contribution in [2.75, 3.05) is 38.1 Å². The topological polar surface area (TPSA) is 60.9 Å². The second-order valence-corrected chi connectivity index (χ2v) is 9.98. The normalized spacial score (nSPS) is 18.3. The van der Waals surface area contributed by atoms with Gasteiger partial charge >= 0.3 is 0 Å². The summed E-state index contributed by atoms with van der Waals surface area (Å²) in [5.74, 6) is -0.785. The lowest BCUT2D eigenvalue weighted by Gasteiger charge is -2.32. The number of carbonyl (C=O) groups is 2. The predicted octanol–water partition coefficient (Wildman–Crippen LogP) is 3.54. The van der Waals surface area contributed by atoms with Crippen molar-refractivity contribution < 1.29 is 18.2 Å². The van der Waals surface area contributed by atoms with Crippen molar-refractivity contribution in [2.24, 2.45) is 0 Å². The van der Waals surface area contributed by atoms with Crippen molar-refractivity contribution in [3.8, 4) is 0 Å². The first kappa shape index (κ1) is 22.4. The summed E-state index contributed by atoms with van der Waals surface area (Å²) in [6, 6.07) is 17.8. The van der Waals surface area contributed by atoms with Gasteiger partial charge in [-0.3, -0.25) is 9.59 Å². The zero-order valence-corrected chi connectivity index (χ0v) is 19.6. The van der Waals surface area contributed by atoms with Gasteiger partial charge in [0, 0.05) is 31.7 Å². The molecule has 6 nitrogen and oxygen atoms in total. The Morgan fingerprint density at radius 3 is 2.38 bits per heavy atom. The van der Waals surface area contributed by atoms with E-state index in [9.17, 15) is 18.2 Å². The number of anilines is 1. The molecule has 0 radical (unpaired) electrons. The molecule has 5 rings (SSSR count). The van der Waals surface area contributed by atoms with E-state index < -0.39 is 10.8 Å². The van der Waals surface area contributed by atoms with E-state index in [4.69, 9.17) is 0 Å². The summed E-state index contributed by atoms with van der Waals surface area (Å²) in [6.07, 6.45) is 0. The number of carbonyl (C=O) groups excluding carboxylic acids is 2. The third-order valence-corrected chi connectivity index (χ3v) is 7.80. The van der Waals surface area contributed by atoms with Gasteiger partial charge in [-0.1, -0.05) is 24.3 Å². The van der Waals surface area contributed by atoms with Crippen LogP contribution in [0.1, 0.15) is 26.3 Å². The van der Waals surface area contributed by atoms with Gasteiger partial charge in [-0.25, -0.2) is 8.60 Å². The molecule has 0 unspecified atom stereocenters. The molecule has 174 valence electrons. The average molecular weight is 478 g/mol. The number of piperazine rings is 1. The molecule has 2 aliphatic rings. The van der Waals surface area contributed by atoms with Crippen LogP contribution >= 0.6 is 0 Å². The van der Waals surface area contributed by atoms with Gasteiger partial charge in [0.25, 0.3) is 11.8 Å². The fourth-order valence-electron chi connectivity index (χ4n) is 4.32. The lowest BCUT2D eigenvalue weighted by atomic mass is 10.1. The number of rotatable bonds is 3. The highest BCUT2D eigenvalue weighted by Crippen LogP contribution is 2.36. The molecular weight excluding hydrogens is 453 g/mol. The van der Waals surface area contributed by atoms with E-state index in [2.05, 4.69) is 4.90 Å². The smallest absolute Gasteiger partial charge is 0.259 e. The quantitative estimate of drug-likeness (QED) is 0.579. The van der Waals surface area contributed by atoms with Crippen molar-refractivity contribution in [1.29, 1.82) is 0 Å². The number of hydrogen-bond acceptors (Lipinski definition) is 4. The highest BCUT2D eigenvalue weighted by molar-refractivity contribution is 7.85. The van der Waals surface area contributed by atoms with Crippen LogP contribution in [0.4, 0.5) is 10.1 Å². The molecule has 1 atom stereocenters. The molecule has 1 fully saturated rings. The van der Waals surface area contributed by atoms with Gasteiger partial charge in [-0.15, -0.1) is 0 Å². The molecule has 8 heteroatoms. The highest BCUT2D eigenvalue weighted by atomic mass is 32.2. The lowest BCUT2D eigenvalue weighted by molar-refractivity contribution is 0.0663. The summed E-state index contributed by atoms with van der Waals surface area (Å²) in [5.41, 5.74) is 1.96. The van der Waals surface area contributed by atoms with Gasteiger partial charge in [-0.2, -0.15) is 0 Å². The van der Waals surface area contributed by atoms with E-state index in [0.717, 1.165) is 18.7 Å². The van der Waals surface area contributed by atoms with Crippen LogP contribution in [-0.2, 0) is 17.3 Å². The molecule has 3 aromatic rings. The Hall–Kier alpha value is -3.36. The molecule has 0 N–H and O–H groups in total. The van der Waals surface area contributed by atoms with Crippen LogP contribution in [0.3, 0.4) is 0 Å². The van der Waals surface area contributed by atoms with E-state index in [1.54, 1.807) is 59.5 Å². The third kappa shape index (κ3) is 4.15. The van der Waals surface area contributed by atoms with Gasteiger partial charge in [-0.05, 0) is 55.1 Å². The minimum atomic E-state index is -1.60.